The summed E-state index contributed by atoms with van der Waals surface area (Å²) in [5.74, 6) is 0.399. The minimum absolute atomic E-state index is 0.0470. The number of rotatable bonds is 7. The molecular formula is C17H25BrFN3O2. The van der Waals surface area contributed by atoms with Gasteiger partial charge in [-0.15, -0.1) is 0 Å². The van der Waals surface area contributed by atoms with Crippen molar-refractivity contribution in [1.82, 2.24) is 10.6 Å². The van der Waals surface area contributed by atoms with Gasteiger partial charge >= 0.3 is 0 Å². The fourth-order valence-corrected chi connectivity index (χ4v) is 2.98. The highest BCUT2D eigenvalue weighted by atomic mass is 79.9. The van der Waals surface area contributed by atoms with Crippen LogP contribution in [0.4, 0.5) is 4.39 Å². The lowest BCUT2D eigenvalue weighted by molar-refractivity contribution is 0.127. The van der Waals surface area contributed by atoms with E-state index in [9.17, 15) is 9.50 Å². The second kappa shape index (κ2) is 9.34. The summed E-state index contributed by atoms with van der Waals surface area (Å²) in [5.41, 5.74) is 0.761. The average Bonchev–Trinajstić information content (AvgIpc) is 3.02. The summed E-state index contributed by atoms with van der Waals surface area (Å²) in [6.45, 7) is 5.35. The van der Waals surface area contributed by atoms with Crippen LogP contribution in [0.25, 0.3) is 0 Å². The summed E-state index contributed by atoms with van der Waals surface area (Å²) < 4.78 is 19.5. The van der Waals surface area contributed by atoms with Gasteiger partial charge < -0.3 is 20.5 Å². The Hall–Kier alpha value is -1.18. The average molecular weight is 402 g/mol. The maximum Gasteiger partial charge on any atom is 0.191 e. The van der Waals surface area contributed by atoms with Crippen LogP contribution in [0.1, 0.15) is 25.3 Å². The lowest BCUT2D eigenvalue weighted by Crippen LogP contribution is -2.44. The van der Waals surface area contributed by atoms with Crippen LogP contribution in [0, 0.1) is 11.2 Å². The minimum Gasteiger partial charge on any atom is -0.396 e. The molecule has 1 fully saturated rings. The van der Waals surface area contributed by atoms with E-state index in [1.807, 2.05) is 13.0 Å². The molecule has 1 aromatic carbocycles. The van der Waals surface area contributed by atoms with Crippen LogP contribution in [0.3, 0.4) is 0 Å². The predicted octanol–water partition coefficient (Wildman–Crippen LogP) is 2.43. The Morgan fingerprint density at radius 3 is 2.92 bits per heavy atom. The van der Waals surface area contributed by atoms with Gasteiger partial charge in [0.1, 0.15) is 5.82 Å². The molecule has 0 spiro atoms. The topological polar surface area (TPSA) is 65.9 Å². The van der Waals surface area contributed by atoms with Gasteiger partial charge in [-0.1, -0.05) is 6.07 Å². The highest BCUT2D eigenvalue weighted by Crippen LogP contribution is 2.31. The molecule has 2 rings (SSSR count). The number of nitrogens with zero attached hydrogens (tertiary/aromatic N) is 1. The molecule has 1 unspecified atom stereocenters. The number of nitrogens with one attached hydrogen (secondary N) is 2. The third-order valence-electron chi connectivity index (χ3n) is 4.21. The van der Waals surface area contributed by atoms with Crippen molar-refractivity contribution < 1.29 is 14.2 Å². The molecule has 0 bridgehead atoms. The van der Waals surface area contributed by atoms with Crippen molar-refractivity contribution in [3.8, 4) is 0 Å². The van der Waals surface area contributed by atoms with E-state index < -0.39 is 0 Å². The Labute approximate surface area is 150 Å². The summed E-state index contributed by atoms with van der Waals surface area (Å²) >= 11 is 3.15. The largest absolute Gasteiger partial charge is 0.396 e. The zero-order chi connectivity index (χ0) is 17.4. The molecule has 24 heavy (non-hydrogen) atoms. The van der Waals surface area contributed by atoms with Gasteiger partial charge in [-0.3, -0.25) is 0 Å². The minimum atomic E-state index is -0.286. The summed E-state index contributed by atoms with van der Waals surface area (Å²) in [5, 5.41) is 15.8. The molecule has 0 radical (unpaired) electrons. The van der Waals surface area contributed by atoms with Gasteiger partial charge in [0.15, 0.2) is 5.96 Å². The number of aliphatic hydroxyl groups is 1. The Bertz CT molecular complexity index is 563. The van der Waals surface area contributed by atoms with Crippen molar-refractivity contribution in [2.45, 2.75) is 26.3 Å². The van der Waals surface area contributed by atoms with Crippen molar-refractivity contribution in [1.29, 1.82) is 0 Å². The lowest BCUT2D eigenvalue weighted by atomic mass is 9.84. The predicted molar refractivity (Wildman–Crippen MR) is 96.5 cm³/mol. The first-order valence-electron chi connectivity index (χ1n) is 8.23. The highest BCUT2D eigenvalue weighted by molar-refractivity contribution is 9.10. The lowest BCUT2D eigenvalue weighted by Gasteiger charge is -2.27. The van der Waals surface area contributed by atoms with E-state index in [1.165, 1.54) is 6.07 Å². The van der Waals surface area contributed by atoms with Crippen LogP contribution in [0.5, 0.6) is 0 Å². The Morgan fingerprint density at radius 2 is 2.29 bits per heavy atom. The Balaban J connectivity index is 1.98. The smallest absolute Gasteiger partial charge is 0.191 e. The maximum atomic E-state index is 13.6. The quantitative estimate of drug-likeness (QED) is 0.484. The van der Waals surface area contributed by atoms with Crippen LogP contribution < -0.4 is 10.6 Å². The van der Waals surface area contributed by atoms with E-state index in [1.54, 1.807) is 6.07 Å². The first-order valence-corrected chi connectivity index (χ1v) is 9.02. The van der Waals surface area contributed by atoms with Crippen LogP contribution >= 0.6 is 15.9 Å². The number of benzene rings is 1. The molecule has 7 heteroatoms. The van der Waals surface area contributed by atoms with Gasteiger partial charge in [-0.05, 0) is 53.4 Å². The third-order valence-corrected chi connectivity index (χ3v) is 4.85. The van der Waals surface area contributed by atoms with Crippen molar-refractivity contribution in [3.05, 3.63) is 34.1 Å². The van der Waals surface area contributed by atoms with Crippen LogP contribution in [0.15, 0.2) is 27.7 Å². The molecule has 1 saturated heterocycles. The summed E-state index contributed by atoms with van der Waals surface area (Å²) in [6.07, 6.45) is 1.63. The summed E-state index contributed by atoms with van der Waals surface area (Å²) in [4.78, 5) is 4.52. The van der Waals surface area contributed by atoms with Gasteiger partial charge in [-0.2, -0.15) is 0 Å². The number of ether oxygens (including phenoxy) is 1. The number of aliphatic hydroxyl groups excluding tert-OH is 1. The van der Waals surface area contributed by atoms with Crippen LogP contribution in [-0.2, 0) is 11.3 Å². The molecule has 1 atom stereocenters. The van der Waals surface area contributed by atoms with Gasteiger partial charge in [0.2, 0.25) is 0 Å². The van der Waals surface area contributed by atoms with E-state index in [4.69, 9.17) is 4.74 Å². The van der Waals surface area contributed by atoms with Gasteiger partial charge in [0.25, 0.3) is 0 Å². The molecule has 0 amide bonds. The third kappa shape index (κ3) is 5.43. The van der Waals surface area contributed by atoms with E-state index >= 15 is 0 Å². The van der Waals surface area contributed by atoms with E-state index in [-0.39, 0.29) is 17.8 Å². The van der Waals surface area contributed by atoms with Crippen molar-refractivity contribution >= 4 is 21.9 Å². The first-order chi connectivity index (χ1) is 11.6. The first kappa shape index (κ1) is 19.1. The highest BCUT2D eigenvalue weighted by Gasteiger charge is 2.34. The van der Waals surface area contributed by atoms with Crippen molar-refractivity contribution in [2.75, 3.05) is 32.9 Å². The molecule has 3 N–H and O–H groups in total. The SMILES string of the molecule is CCNC(=NCc1ccc(Br)c(F)c1)NCC1(CCO)CCOC1. The summed E-state index contributed by atoms with van der Waals surface area (Å²) in [6, 6.07) is 5.01. The molecule has 1 aromatic rings. The monoisotopic (exact) mass is 401 g/mol. The standard InChI is InChI=1S/C17H25BrFN3O2/c1-2-20-16(21-10-13-3-4-14(18)15(19)9-13)22-11-17(5-7-23)6-8-24-12-17/h3-4,9,23H,2,5-8,10-12H2,1H3,(H2,20,21,22). The van der Waals surface area contributed by atoms with Crippen LogP contribution in [-0.4, -0.2) is 44.0 Å². The molecule has 1 aliphatic rings. The van der Waals surface area contributed by atoms with E-state index in [0.29, 0.717) is 36.5 Å². The number of halogens is 2. The second-order valence-corrected chi connectivity index (χ2v) is 6.93. The number of hydrogen-bond acceptors (Lipinski definition) is 3. The molecule has 1 heterocycles. The van der Waals surface area contributed by atoms with E-state index in [2.05, 4.69) is 31.6 Å². The Kier molecular flexibility index (Phi) is 7.45. The fourth-order valence-electron chi connectivity index (χ4n) is 2.73. The van der Waals surface area contributed by atoms with Gasteiger partial charge in [0.05, 0.1) is 17.6 Å². The van der Waals surface area contributed by atoms with Crippen LogP contribution in [0.2, 0.25) is 0 Å². The summed E-state index contributed by atoms with van der Waals surface area (Å²) in [7, 11) is 0. The number of guanidine groups is 1. The zero-order valence-electron chi connectivity index (χ0n) is 13.9. The van der Waals surface area contributed by atoms with Crippen molar-refractivity contribution in [3.63, 3.8) is 0 Å². The Morgan fingerprint density at radius 1 is 1.46 bits per heavy atom. The van der Waals surface area contributed by atoms with E-state index in [0.717, 1.165) is 25.1 Å². The van der Waals surface area contributed by atoms with Crippen molar-refractivity contribution in [2.24, 2.45) is 10.4 Å². The molecule has 5 nitrogen and oxygen atoms in total. The molecule has 0 aromatic heterocycles. The maximum absolute atomic E-state index is 13.6. The van der Waals surface area contributed by atoms with Gasteiger partial charge in [0, 0.05) is 31.7 Å². The molecular weight excluding hydrogens is 377 g/mol. The molecule has 134 valence electrons. The number of hydrogen-bond donors (Lipinski definition) is 3. The second-order valence-electron chi connectivity index (χ2n) is 6.07. The normalized spacial score (nSPS) is 21.1. The number of aliphatic imine (C=N–C) groups is 1. The fraction of sp³-hybridized carbons (Fsp3) is 0.588. The van der Waals surface area contributed by atoms with Gasteiger partial charge in [-0.25, -0.2) is 9.38 Å². The molecule has 0 saturated carbocycles. The molecule has 1 aliphatic heterocycles. The zero-order valence-corrected chi connectivity index (χ0v) is 15.5. The molecule has 0 aliphatic carbocycles.